The summed E-state index contributed by atoms with van der Waals surface area (Å²) in [7, 11) is 0. The van der Waals surface area contributed by atoms with Crippen LogP contribution in [0.2, 0.25) is 0 Å². The largest absolute Gasteiger partial charge is 0.300 e. The molecular formula is C23H44O. The van der Waals surface area contributed by atoms with Crippen molar-refractivity contribution < 1.29 is 4.79 Å². The number of hydrogen-bond acceptors (Lipinski definition) is 1. The smallest absolute Gasteiger partial charge is 0.129 e. The van der Waals surface area contributed by atoms with Gasteiger partial charge in [0.15, 0.2) is 0 Å². The third kappa shape index (κ3) is 32.7. The van der Waals surface area contributed by atoms with Gasteiger partial charge in [-0.1, -0.05) is 90.3 Å². The second kappa shape index (κ2) is 29.8. The van der Waals surface area contributed by atoms with Crippen LogP contribution in [-0.4, -0.2) is 5.78 Å². The van der Waals surface area contributed by atoms with Gasteiger partial charge in [-0.05, 0) is 45.4 Å². The van der Waals surface area contributed by atoms with E-state index in [4.69, 9.17) is 0 Å². The van der Waals surface area contributed by atoms with E-state index in [-0.39, 0.29) is 0 Å². The second-order valence-corrected chi connectivity index (χ2v) is 5.30. The summed E-state index contributed by atoms with van der Waals surface area (Å²) in [6.45, 7) is 11.8. The van der Waals surface area contributed by atoms with Gasteiger partial charge in [0.2, 0.25) is 0 Å². The van der Waals surface area contributed by atoms with Gasteiger partial charge in [-0.3, -0.25) is 0 Å². The van der Waals surface area contributed by atoms with Crippen molar-refractivity contribution in [3.8, 4) is 0 Å². The number of allylic oxidation sites excluding steroid dienone is 6. The summed E-state index contributed by atoms with van der Waals surface area (Å²) in [5.74, 6) is 0.325. The van der Waals surface area contributed by atoms with Crippen molar-refractivity contribution in [1.82, 2.24) is 0 Å². The molecular weight excluding hydrogens is 292 g/mol. The molecule has 0 atom stereocenters. The first-order chi connectivity index (χ1) is 11.8. The van der Waals surface area contributed by atoms with Gasteiger partial charge >= 0.3 is 0 Å². The van der Waals surface area contributed by atoms with Crippen LogP contribution in [0.1, 0.15) is 106 Å². The molecule has 142 valence electrons. The van der Waals surface area contributed by atoms with E-state index in [9.17, 15) is 4.79 Å². The molecule has 0 heterocycles. The van der Waals surface area contributed by atoms with E-state index in [2.05, 4.69) is 43.4 Å². The van der Waals surface area contributed by atoms with Crippen LogP contribution in [0.25, 0.3) is 0 Å². The highest BCUT2D eigenvalue weighted by Crippen LogP contribution is 2.08. The number of carbonyl (C=O) groups is 1. The molecule has 0 bridgehead atoms. The average Bonchev–Trinajstić information content (AvgIpc) is 2.61. The monoisotopic (exact) mass is 336 g/mol. The Hall–Kier alpha value is -1.11. The van der Waals surface area contributed by atoms with E-state index in [1.165, 1.54) is 32.1 Å². The van der Waals surface area contributed by atoms with Gasteiger partial charge in [-0.2, -0.15) is 0 Å². The van der Waals surface area contributed by atoms with E-state index in [0.29, 0.717) is 5.78 Å². The summed E-state index contributed by atoms with van der Waals surface area (Å²) < 4.78 is 0. The van der Waals surface area contributed by atoms with Crippen molar-refractivity contribution in [3.05, 3.63) is 36.5 Å². The molecule has 0 aromatic rings. The van der Waals surface area contributed by atoms with Crippen molar-refractivity contribution >= 4 is 5.78 Å². The Morgan fingerprint density at radius 3 is 1.67 bits per heavy atom. The maximum absolute atomic E-state index is 10.8. The Kier molecular flexibility index (Phi) is 34.5. The van der Waals surface area contributed by atoms with Crippen molar-refractivity contribution in [3.63, 3.8) is 0 Å². The van der Waals surface area contributed by atoms with Crippen LogP contribution < -0.4 is 0 Å². The number of Topliss-reactive ketones (excluding diaryl/α,β-unsaturated/α-hetero) is 1. The summed E-state index contributed by atoms with van der Waals surface area (Å²) >= 11 is 0. The molecule has 0 rings (SSSR count). The lowest BCUT2D eigenvalue weighted by Crippen LogP contribution is -1.89. The van der Waals surface area contributed by atoms with E-state index < -0.39 is 0 Å². The van der Waals surface area contributed by atoms with E-state index in [1.54, 1.807) is 6.92 Å². The topological polar surface area (TPSA) is 17.1 Å². The van der Waals surface area contributed by atoms with Gasteiger partial charge < -0.3 is 4.79 Å². The fourth-order valence-electron chi connectivity index (χ4n) is 1.99. The van der Waals surface area contributed by atoms with Crippen molar-refractivity contribution in [1.29, 1.82) is 0 Å². The SMILES string of the molecule is CC.CC.CC/C=C\C/C=C\C/C=C\CCCCCCCC(C)=O. The number of rotatable bonds is 13. The normalized spacial score (nSPS) is 10.6. The minimum Gasteiger partial charge on any atom is -0.300 e. The molecule has 0 amide bonds. The zero-order chi connectivity index (χ0) is 18.9. The van der Waals surface area contributed by atoms with Gasteiger partial charge in [0.1, 0.15) is 5.78 Å². The summed E-state index contributed by atoms with van der Waals surface area (Å²) in [5, 5.41) is 0. The molecule has 0 aromatic heterocycles. The fraction of sp³-hybridized carbons (Fsp3) is 0.696. The minimum atomic E-state index is 0.325. The Morgan fingerprint density at radius 1 is 0.667 bits per heavy atom. The standard InChI is InChI=1S/C19H32O.2C2H6/c1-3-4-5-6-7-8-9-10-11-12-13-14-15-16-17-18-19(2)20;2*1-2/h4-5,7-8,10-11H,3,6,9,12-18H2,1-2H3;2*1-2H3/b5-4-,8-7-,11-10-;;. The van der Waals surface area contributed by atoms with Gasteiger partial charge in [0.05, 0.1) is 0 Å². The van der Waals surface area contributed by atoms with E-state index >= 15 is 0 Å². The molecule has 1 heteroatoms. The molecule has 1 nitrogen and oxygen atoms in total. The molecule has 0 saturated carbocycles. The lowest BCUT2D eigenvalue weighted by atomic mass is 10.1. The summed E-state index contributed by atoms with van der Waals surface area (Å²) in [6.07, 6.45) is 24.7. The van der Waals surface area contributed by atoms with Crippen molar-refractivity contribution in [2.45, 2.75) is 106 Å². The highest BCUT2D eigenvalue weighted by Gasteiger charge is 1.93. The van der Waals surface area contributed by atoms with Gasteiger partial charge in [0.25, 0.3) is 0 Å². The maximum Gasteiger partial charge on any atom is 0.129 e. The molecule has 0 aliphatic rings. The zero-order valence-corrected chi connectivity index (χ0v) is 17.4. The number of hydrogen-bond donors (Lipinski definition) is 0. The highest BCUT2D eigenvalue weighted by molar-refractivity contribution is 5.75. The van der Waals surface area contributed by atoms with Gasteiger partial charge in [0, 0.05) is 6.42 Å². The number of unbranched alkanes of at least 4 members (excludes halogenated alkanes) is 5. The van der Waals surface area contributed by atoms with Crippen LogP contribution in [0.15, 0.2) is 36.5 Å². The van der Waals surface area contributed by atoms with Crippen LogP contribution in [-0.2, 0) is 4.79 Å². The Bertz CT molecular complexity index is 297. The lowest BCUT2D eigenvalue weighted by Gasteiger charge is -1.98. The first-order valence-corrected chi connectivity index (χ1v) is 10.2. The number of carbonyl (C=O) groups excluding carboxylic acids is 1. The van der Waals surface area contributed by atoms with Crippen LogP contribution in [0.4, 0.5) is 0 Å². The third-order valence-electron chi connectivity index (χ3n) is 3.18. The zero-order valence-electron chi connectivity index (χ0n) is 17.4. The van der Waals surface area contributed by atoms with Gasteiger partial charge in [-0.25, -0.2) is 0 Å². The van der Waals surface area contributed by atoms with E-state index in [0.717, 1.165) is 32.1 Å². The van der Waals surface area contributed by atoms with E-state index in [1.807, 2.05) is 27.7 Å². The summed E-state index contributed by atoms with van der Waals surface area (Å²) in [4.78, 5) is 10.8. The molecule has 0 aliphatic heterocycles. The lowest BCUT2D eigenvalue weighted by molar-refractivity contribution is -0.117. The number of ketones is 1. The Labute approximate surface area is 153 Å². The Morgan fingerprint density at radius 2 is 1.12 bits per heavy atom. The molecule has 0 spiro atoms. The maximum atomic E-state index is 10.8. The quantitative estimate of drug-likeness (QED) is 0.244. The molecule has 0 unspecified atom stereocenters. The predicted molar refractivity (Wildman–Crippen MR) is 113 cm³/mol. The molecule has 0 fully saturated rings. The second-order valence-electron chi connectivity index (χ2n) is 5.30. The fourth-order valence-corrected chi connectivity index (χ4v) is 1.99. The molecule has 24 heavy (non-hydrogen) atoms. The molecule has 0 aromatic carbocycles. The minimum absolute atomic E-state index is 0.325. The van der Waals surface area contributed by atoms with Crippen molar-refractivity contribution in [2.75, 3.05) is 0 Å². The van der Waals surface area contributed by atoms with Crippen molar-refractivity contribution in [2.24, 2.45) is 0 Å². The Balaban J connectivity index is -0.00000102. The van der Waals surface area contributed by atoms with Crippen LogP contribution in [0.5, 0.6) is 0 Å². The van der Waals surface area contributed by atoms with Gasteiger partial charge in [-0.15, -0.1) is 0 Å². The third-order valence-corrected chi connectivity index (χ3v) is 3.18. The summed E-state index contributed by atoms with van der Waals surface area (Å²) in [6, 6.07) is 0. The van der Waals surface area contributed by atoms with Crippen LogP contribution >= 0.6 is 0 Å². The molecule has 0 saturated heterocycles. The average molecular weight is 337 g/mol. The molecule has 0 N–H and O–H groups in total. The summed E-state index contributed by atoms with van der Waals surface area (Å²) in [5.41, 5.74) is 0. The molecule has 0 radical (unpaired) electrons. The predicted octanol–water partition coefficient (Wildman–Crippen LogP) is 8.22. The van der Waals surface area contributed by atoms with Crippen LogP contribution in [0.3, 0.4) is 0 Å². The molecule has 0 aliphatic carbocycles. The first kappa shape index (κ1) is 27.7. The first-order valence-electron chi connectivity index (χ1n) is 10.2. The van der Waals surface area contributed by atoms with Crippen LogP contribution in [0, 0.1) is 0 Å². The highest BCUT2D eigenvalue weighted by atomic mass is 16.1.